The summed E-state index contributed by atoms with van der Waals surface area (Å²) in [5, 5.41) is 5.99. The number of carbonyl (C=O) groups excluding carboxylic acids is 1. The third-order valence-electron chi connectivity index (χ3n) is 3.60. The molecular weight excluding hydrogens is 328 g/mol. The highest BCUT2D eigenvalue weighted by molar-refractivity contribution is 6.02. The van der Waals surface area contributed by atoms with Gasteiger partial charge in [0.25, 0.3) is 5.91 Å². The van der Waals surface area contributed by atoms with E-state index < -0.39 is 0 Å². The van der Waals surface area contributed by atoms with Gasteiger partial charge in [0, 0.05) is 43.4 Å². The normalized spacial score (nSPS) is 10.3. The summed E-state index contributed by atoms with van der Waals surface area (Å²) < 4.78 is 0. The molecule has 0 radical (unpaired) electrons. The molecule has 1 amide bonds. The number of hydrogen-bond donors (Lipinski definition) is 2. The molecule has 0 aliphatic carbocycles. The molecule has 0 saturated heterocycles. The number of nitrogens with zero attached hydrogens (tertiary/aromatic N) is 4. The number of pyridine rings is 1. The highest BCUT2D eigenvalue weighted by Gasteiger charge is 2.07. The molecule has 0 bridgehead atoms. The van der Waals surface area contributed by atoms with Gasteiger partial charge in [0.2, 0.25) is 5.95 Å². The monoisotopic (exact) mass is 348 g/mol. The number of anilines is 4. The number of amides is 1. The molecule has 1 aromatic carbocycles. The van der Waals surface area contributed by atoms with Crippen LogP contribution in [0.2, 0.25) is 0 Å². The summed E-state index contributed by atoms with van der Waals surface area (Å²) in [6, 6.07) is 14.5. The first-order valence-corrected chi connectivity index (χ1v) is 8.14. The Labute approximate surface area is 152 Å². The Hall–Kier alpha value is -3.48. The third-order valence-corrected chi connectivity index (χ3v) is 3.60. The molecule has 2 aromatic heterocycles. The van der Waals surface area contributed by atoms with E-state index in [4.69, 9.17) is 0 Å². The van der Waals surface area contributed by atoms with E-state index in [9.17, 15) is 4.79 Å². The number of hydrogen-bond acceptors (Lipinski definition) is 6. The number of carbonyl (C=O) groups is 1. The molecule has 0 spiro atoms. The van der Waals surface area contributed by atoms with Crippen molar-refractivity contribution in [1.82, 2.24) is 15.0 Å². The quantitative estimate of drug-likeness (QED) is 0.736. The molecule has 7 heteroatoms. The molecular formula is C19H20N6O. The number of aryl methyl sites for hydroxylation is 1. The van der Waals surface area contributed by atoms with Crippen LogP contribution in [0.1, 0.15) is 16.2 Å². The number of benzene rings is 1. The van der Waals surface area contributed by atoms with E-state index in [0.29, 0.717) is 17.3 Å². The predicted molar refractivity (Wildman–Crippen MR) is 103 cm³/mol. The van der Waals surface area contributed by atoms with Gasteiger partial charge in [-0.2, -0.15) is 4.98 Å². The van der Waals surface area contributed by atoms with Crippen molar-refractivity contribution in [1.29, 1.82) is 0 Å². The minimum atomic E-state index is -0.246. The molecule has 132 valence electrons. The van der Waals surface area contributed by atoms with Crippen LogP contribution >= 0.6 is 0 Å². The molecule has 2 N–H and O–H groups in total. The maximum Gasteiger partial charge on any atom is 0.274 e. The Balaban J connectivity index is 1.69. The topological polar surface area (TPSA) is 83.0 Å². The third kappa shape index (κ3) is 4.32. The average molecular weight is 348 g/mol. The van der Waals surface area contributed by atoms with Crippen LogP contribution in [0.5, 0.6) is 0 Å². The highest BCUT2D eigenvalue weighted by Crippen LogP contribution is 2.19. The molecule has 0 aliphatic heterocycles. The van der Waals surface area contributed by atoms with Gasteiger partial charge in [-0.15, -0.1) is 0 Å². The first-order valence-electron chi connectivity index (χ1n) is 8.14. The Bertz CT molecular complexity index is 894. The number of aromatic nitrogens is 3. The molecule has 0 atom stereocenters. The summed E-state index contributed by atoms with van der Waals surface area (Å²) >= 11 is 0. The van der Waals surface area contributed by atoms with Crippen LogP contribution < -0.4 is 15.5 Å². The van der Waals surface area contributed by atoms with E-state index in [1.165, 1.54) is 0 Å². The van der Waals surface area contributed by atoms with Gasteiger partial charge in [0.05, 0.1) is 0 Å². The molecule has 0 aliphatic rings. The minimum Gasteiger partial charge on any atom is -0.363 e. The van der Waals surface area contributed by atoms with E-state index in [1.807, 2.05) is 56.3 Å². The molecule has 26 heavy (non-hydrogen) atoms. The van der Waals surface area contributed by atoms with Crippen molar-refractivity contribution in [2.45, 2.75) is 6.92 Å². The molecule has 2 heterocycles. The van der Waals surface area contributed by atoms with Crippen LogP contribution in [-0.2, 0) is 0 Å². The Morgan fingerprint density at radius 1 is 1.00 bits per heavy atom. The van der Waals surface area contributed by atoms with Gasteiger partial charge in [0.15, 0.2) is 0 Å². The second-order valence-corrected chi connectivity index (χ2v) is 5.96. The highest BCUT2D eigenvalue weighted by atomic mass is 16.1. The SMILES string of the molecule is Cc1cc(N(C)C)nc(Nc2ccc(NC(=O)c3ccccn3)cc2)n1. The van der Waals surface area contributed by atoms with Crippen molar-refractivity contribution < 1.29 is 4.79 Å². The zero-order chi connectivity index (χ0) is 18.5. The summed E-state index contributed by atoms with van der Waals surface area (Å²) in [7, 11) is 3.87. The summed E-state index contributed by atoms with van der Waals surface area (Å²) in [6.07, 6.45) is 1.59. The Morgan fingerprint density at radius 2 is 1.73 bits per heavy atom. The van der Waals surface area contributed by atoms with Gasteiger partial charge in [-0.1, -0.05) is 6.07 Å². The fraction of sp³-hybridized carbons (Fsp3) is 0.158. The lowest BCUT2D eigenvalue weighted by atomic mass is 10.2. The molecule has 0 unspecified atom stereocenters. The van der Waals surface area contributed by atoms with Crippen molar-refractivity contribution in [3.05, 3.63) is 66.1 Å². The summed E-state index contributed by atoms with van der Waals surface area (Å²) in [6.45, 7) is 1.93. The maximum absolute atomic E-state index is 12.1. The molecule has 3 rings (SSSR count). The lowest BCUT2D eigenvalue weighted by Crippen LogP contribution is -2.13. The zero-order valence-corrected chi connectivity index (χ0v) is 14.9. The Kier molecular flexibility index (Phi) is 5.07. The van der Waals surface area contributed by atoms with Gasteiger partial charge in [0.1, 0.15) is 11.5 Å². The van der Waals surface area contributed by atoms with Crippen LogP contribution in [0, 0.1) is 6.92 Å². The number of rotatable bonds is 5. The van der Waals surface area contributed by atoms with Crippen molar-refractivity contribution in [2.75, 3.05) is 29.6 Å². The first kappa shape index (κ1) is 17.3. The van der Waals surface area contributed by atoms with Crippen molar-refractivity contribution in [3.63, 3.8) is 0 Å². The maximum atomic E-state index is 12.1. The second-order valence-electron chi connectivity index (χ2n) is 5.96. The standard InChI is InChI=1S/C19H20N6O/c1-13-12-17(25(2)3)24-19(21-13)23-15-9-7-14(8-10-15)22-18(26)16-6-4-5-11-20-16/h4-12H,1-3H3,(H,22,26)(H,21,23,24). The largest absolute Gasteiger partial charge is 0.363 e. The summed E-state index contributed by atoms with van der Waals surface area (Å²) in [5.74, 6) is 1.11. The first-order chi connectivity index (χ1) is 12.5. The summed E-state index contributed by atoms with van der Waals surface area (Å²) in [4.78, 5) is 26.9. The number of nitrogens with one attached hydrogen (secondary N) is 2. The van der Waals surface area contributed by atoms with E-state index in [2.05, 4.69) is 25.6 Å². The van der Waals surface area contributed by atoms with Crippen molar-refractivity contribution in [2.24, 2.45) is 0 Å². The fourth-order valence-electron chi connectivity index (χ4n) is 2.30. The van der Waals surface area contributed by atoms with E-state index in [0.717, 1.165) is 17.2 Å². The van der Waals surface area contributed by atoms with Crippen LogP contribution in [0.25, 0.3) is 0 Å². The van der Waals surface area contributed by atoms with Crippen LogP contribution in [-0.4, -0.2) is 35.0 Å². The lowest BCUT2D eigenvalue weighted by molar-refractivity contribution is 0.102. The average Bonchev–Trinajstić information content (AvgIpc) is 2.63. The molecule has 3 aromatic rings. The lowest BCUT2D eigenvalue weighted by Gasteiger charge is -2.14. The van der Waals surface area contributed by atoms with Crippen molar-refractivity contribution >= 4 is 29.0 Å². The Morgan fingerprint density at radius 3 is 2.38 bits per heavy atom. The van der Waals surface area contributed by atoms with Gasteiger partial charge < -0.3 is 15.5 Å². The van der Waals surface area contributed by atoms with Gasteiger partial charge in [-0.05, 0) is 43.3 Å². The predicted octanol–water partition coefficient (Wildman–Crippen LogP) is 3.24. The van der Waals surface area contributed by atoms with Crippen LogP contribution in [0.15, 0.2) is 54.7 Å². The van der Waals surface area contributed by atoms with Gasteiger partial charge >= 0.3 is 0 Å². The smallest absolute Gasteiger partial charge is 0.274 e. The molecule has 0 saturated carbocycles. The van der Waals surface area contributed by atoms with E-state index >= 15 is 0 Å². The second kappa shape index (κ2) is 7.60. The molecule has 0 fully saturated rings. The van der Waals surface area contributed by atoms with E-state index in [1.54, 1.807) is 24.4 Å². The fourth-order valence-corrected chi connectivity index (χ4v) is 2.30. The van der Waals surface area contributed by atoms with Gasteiger partial charge in [-0.25, -0.2) is 4.98 Å². The zero-order valence-electron chi connectivity index (χ0n) is 14.9. The van der Waals surface area contributed by atoms with Crippen LogP contribution in [0.3, 0.4) is 0 Å². The van der Waals surface area contributed by atoms with E-state index in [-0.39, 0.29) is 5.91 Å². The minimum absolute atomic E-state index is 0.246. The van der Waals surface area contributed by atoms with Crippen molar-refractivity contribution in [3.8, 4) is 0 Å². The molecule has 7 nitrogen and oxygen atoms in total. The summed E-state index contributed by atoms with van der Waals surface area (Å²) in [5.41, 5.74) is 2.77. The van der Waals surface area contributed by atoms with Gasteiger partial charge in [-0.3, -0.25) is 9.78 Å². The van der Waals surface area contributed by atoms with Crippen LogP contribution in [0.4, 0.5) is 23.1 Å².